The third-order valence-corrected chi connectivity index (χ3v) is 4.63. The van der Waals surface area contributed by atoms with E-state index < -0.39 is 7.14 Å². The van der Waals surface area contributed by atoms with Gasteiger partial charge in [-0.1, -0.05) is 12.1 Å². The highest BCUT2D eigenvalue weighted by molar-refractivity contribution is 9.10. The first-order chi connectivity index (χ1) is 8.88. The zero-order valence-corrected chi connectivity index (χ0v) is 13.1. The molecule has 0 amide bonds. The summed E-state index contributed by atoms with van der Waals surface area (Å²) in [6, 6.07) is 7.45. The monoisotopic (exact) mass is 340 g/mol. The number of benzene rings is 1. The Labute approximate surface area is 120 Å². The fourth-order valence-corrected chi connectivity index (χ4v) is 3.09. The summed E-state index contributed by atoms with van der Waals surface area (Å²) in [4.78, 5) is 7.99. The lowest BCUT2D eigenvalue weighted by atomic mass is 10.3. The third kappa shape index (κ3) is 3.33. The maximum atomic E-state index is 12.3. The van der Waals surface area contributed by atoms with Crippen molar-refractivity contribution >= 4 is 45.8 Å². The van der Waals surface area contributed by atoms with Gasteiger partial charge in [-0.2, -0.15) is 4.98 Å². The molecular formula is C12H14BrN4OP. The second-order valence-corrected chi connectivity index (χ2v) is 8.46. The second kappa shape index (κ2) is 5.31. The molecule has 2 rings (SSSR count). The number of nitrogens with one attached hydrogen (secondary N) is 1. The summed E-state index contributed by atoms with van der Waals surface area (Å²) in [6.07, 6.45) is 1.57. The van der Waals surface area contributed by atoms with Crippen LogP contribution in [0, 0.1) is 0 Å². The predicted octanol–water partition coefficient (Wildman–Crippen LogP) is 2.81. The van der Waals surface area contributed by atoms with Gasteiger partial charge in [0.15, 0.2) is 0 Å². The molecule has 0 aliphatic carbocycles. The van der Waals surface area contributed by atoms with Gasteiger partial charge in [0.25, 0.3) is 0 Å². The molecule has 0 spiro atoms. The first-order valence-corrected chi connectivity index (χ1v) is 8.97. The Bertz CT molecular complexity index is 656. The van der Waals surface area contributed by atoms with Crippen LogP contribution in [0.3, 0.4) is 0 Å². The summed E-state index contributed by atoms with van der Waals surface area (Å²) in [6.45, 7) is 3.47. The van der Waals surface area contributed by atoms with Gasteiger partial charge in [0.1, 0.15) is 13.0 Å². The Kier molecular flexibility index (Phi) is 3.92. The summed E-state index contributed by atoms with van der Waals surface area (Å²) < 4.78 is 13.0. The van der Waals surface area contributed by atoms with Gasteiger partial charge in [-0.05, 0) is 41.4 Å². The lowest BCUT2D eigenvalue weighted by Crippen LogP contribution is -2.10. The number of hydrogen-bond donors (Lipinski definition) is 2. The molecule has 2 aromatic rings. The molecule has 5 nitrogen and oxygen atoms in total. The maximum Gasteiger partial charge on any atom is 0.222 e. The quantitative estimate of drug-likeness (QED) is 0.839. The van der Waals surface area contributed by atoms with Crippen molar-refractivity contribution in [2.75, 3.05) is 24.4 Å². The largest absolute Gasteiger partial charge is 0.368 e. The van der Waals surface area contributed by atoms with Crippen molar-refractivity contribution < 1.29 is 4.57 Å². The summed E-state index contributed by atoms with van der Waals surface area (Å²) in [5.41, 5.74) is 6.33. The van der Waals surface area contributed by atoms with E-state index in [1.807, 2.05) is 24.3 Å². The highest BCUT2D eigenvalue weighted by atomic mass is 79.9. The van der Waals surface area contributed by atoms with Gasteiger partial charge >= 0.3 is 0 Å². The SMILES string of the molecule is CP(C)(=O)c1ccccc1Nc1nc(N)ncc1Br. The van der Waals surface area contributed by atoms with E-state index in [2.05, 4.69) is 31.2 Å². The van der Waals surface area contributed by atoms with Crippen LogP contribution in [-0.2, 0) is 4.57 Å². The number of para-hydroxylation sites is 1. The molecule has 1 aromatic carbocycles. The number of aromatic nitrogens is 2. The van der Waals surface area contributed by atoms with Crippen molar-refractivity contribution in [2.45, 2.75) is 0 Å². The molecule has 19 heavy (non-hydrogen) atoms. The molecule has 0 saturated heterocycles. The fourth-order valence-electron chi connectivity index (χ4n) is 1.64. The van der Waals surface area contributed by atoms with Crippen LogP contribution < -0.4 is 16.4 Å². The zero-order chi connectivity index (χ0) is 14.0. The molecule has 0 radical (unpaired) electrons. The van der Waals surface area contributed by atoms with E-state index in [9.17, 15) is 4.57 Å². The zero-order valence-electron chi connectivity index (χ0n) is 10.6. The Balaban J connectivity index is 2.44. The van der Waals surface area contributed by atoms with Crippen LogP contribution in [0.5, 0.6) is 0 Å². The molecule has 7 heteroatoms. The van der Waals surface area contributed by atoms with Gasteiger partial charge in [0, 0.05) is 11.5 Å². The normalized spacial score (nSPS) is 11.3. The standard InChI is InChI=1S/C12H14BrN4OP/c1-19(2,18)10-6-4-3-5-9(10)16-11-8(13)7-15-12(14)17-11/h3-7H,1-2H3,(H3,14,15,16,17). The highest BCUT2D eigenvalue weighted by Gasteiger charge is 2.16. The first kappa shape index (κ1) is 14.0. The minimum Gasteiger partial charge on any atom is -0.368 e. The smallest absolute Gasteiger partial charge is 0.222 e. The lowest BCUT2D eigenvalue weighted by Gasteiger charge is -2.15. The maximum absolute atomic E-state index is 12.3. The van der Waals surface area contributed by atoms with Crippen molar-refractivity contribution in [3.8, 4) is 0 Å². The Morgan fingerprint density at radius 2 is 2.00 bits per heavy atom. The Hall–Kier alpha value is -1.39. The van der Waals surface area contributed by atoms with Crippen LogP contribution >= 0.6 is 23.1 Å². The molecule has 1 heterocycles. The topological polar surface area (TPSA) is 80.9 Å². The van der Waals surface area contributed by atoms with Crippen LogP contribution in [0.1, 0.15) is 0 Å². The number of rotatable bonds is 3. The van der Waals surface area contributed by atoms with Gasteiger partial charge in [0.05, 0.1) is 10.2 Å². The summed E-state index contributed by atoms with van der Waals surface area (Å²) in [5, 5.41) is 3.91. The summed E-state index contributed by atoms with van der Waals surface area (Å²) >= 11 is 3.35. The van der Waals surface area contributed by atoms with Crippen molar-refractivity contribution in [3.63, 3.8) is 0 Å². The molecule has 0 fully saturated rings. The number of anilines is 3. The van der Waals surface area contributed by atoms with Gasteiger partial charge in [-0.3, -0.25) is 0 Å². The van der Waals surface area contributed by atoms with Crippen molar-refractivity contribution in [2.24, 2.45) is 0 Å². The minimum absolute atomic E-state index is 0.180. The van der Waals surface area contributed by atoms with E-state index in [1.54, 1.807) is 19.5 Å². The van der Waals surface area contributed by atoms with E-state index in [0.717, 1.165) is 11.0 Å². The van der Waals surface area contributed by atoms with Crippen molar-refractivity contribution in [1.29, 1.82) is 0 Å². The summed E-state index contributed by atoms with van der Waals surface area (Å²) in [7, 11) is -2.37. The molecule has 0 aliphatic rings. The van der Waals surface area contributed by atoms with Crippen LogP contribution in [0.15, 0.2) is 34.9 Å². The van der Waals surface area contributed by atoms with Crippen molar-refractivity contribution in [1.82, 2.24) is 9.97 Å². The molecule has 0 atom stereocenters. The molecule has 0 unspecified atom stereocenters. The number of halogens is 1. The van der Waals surface area contributed by atoms with Crippen LogP contribution in [-0.4, -0.2) is 23.3 Å². The number of nitrogen functional groups attached to an aromatic ring is 1. The number of hydrogen-bond acceptors (Lipinski definition) is 5. The third-order valence-electron chi connectivity index (χ3n) is 2.50. The van der Waals surface area contributed by atoms with Crippen LogP contribution in [0.2, 0.25) is 0 Å². The highest BCUT2D eigenvalue weighted by Crippen LogP contribution is 2.38. The fraction of sp³-hybridized carbons (Fsp3) is 0.167. The van der Waals surface area contributed by atoms with E-state index in [-0.39, 0.29) is 5.95 Å². The molecule has 0 bridgehead atoms. The van der Waals surface area contributed by atoms with Crippen LogP contribution in [0.25, 0.3) is 0 Å². The predicted molar refractivity (Wildman–Crippen MR) is 83.0 cm³/mol. The molecule has 3 N–H and O–H groups in total. The van der Waals surface area contributed by atoms with Gasteiger partial charge in [-0.15, -0.1) is 0 Å². The van der Waals surface area contributed by atoms with E-state index in [1.165, 1.54) is 0 Å². The van der Waals surface area contributed by atoms with Crippen LogP contribution in [0.4, 0.5) is 17.5 Å². The Morgan fingerprint density at radius 1 is 1.32 bits per heavy atom. The van der Waals surface area contributed by atoms with E-state index in [0.29, 0.717) is 10.3 Å². The lowest BCUT2D eigenvalue weighted by molar-refractivity contribution is 0.588. The minimum atomic E-state index is -2.37. The van der Waals surface area contributed by atoms with E-state index >= 15 is 0 Å². The Morgan fingerprint density at radius 3 is 2.68 bits per heavy atom. The molecule has 0 aliphatic heterocycles. The molecule has 1 aromatic heterocycles. The van der Waals surface area contributed by atoms with Gasteiger partial charge < -0.3 is 15.6 Å². The average molecular weight is 341 g/mol. The summed E-state index contributed by atoms with van der Waals surface area (Å²) in [5.74, 6) is 0.729. The van der Waals surface area contributed by atoms with Crippen molar-refractivity contribution in [3.05, 3.63) is 34.9 Å². The molecular weight excluding hydrogens is 327 g/mol. The number of nitrogens with two attached hydrogens (primary N) is 1. The van der Waals surface area contributed by atoms with Gasteiger partial charge in [0.2, 0.25) is 5.95 Å². The van der Waals surface area contributed by atoms with E-state index in [4.69, 9.17) is 5.73 Å². The second-order valence-electron chi connectivity index (χ2n) is 4.42. The molecule has 0 saturated carbocycles. The molecule has 100 valence electrons. The number of nitrogens with zero attached hydrogens (tertiary/aromatic N) is 2. The first-order valence-electron chi connectivity index (χ1n) is 5.57. The van der Waals surface area contributed by atoms with Gasteiger partial charge in [-0.25, -0.2) is 4.98 Å². The average Bonchev–Trinajstić information content (AvgIpc) is 2.33.